The second kappa shape index (κ2) is 6.11. The second-order valence-electron chi connectivity index (χ2n) is 4.51. The highest BCUT2D eigenvalue weighted by Gasteiger charge is 2.25. The van der Waals surface area contributed by atoms with Crippen molar-refractivity contribution in [3.8, 4) is 0 Å². The smallest absolute Gasteiger partial charge is 0.341 e. The van der Waals surface area contributed by atoms with Crippen LogP contribution in [0.15, 0.2) is 6.07 Å². The van der Waals surface area contributed by atoms with Crippen LogP contribution in [0, 0.1) is 21.0 Å². The number of benzene rings is 1. The van der Waals surface area contributed by atoms with Crippen LogP contribution in [0.4, 0.5) is 13.2 Å². The fourth-order valence-corrected chi connectivity index (χ4v) is 2.67. The predicted octanol–water partition coefficient (Wildman–Crippen LogP) is 4.20. The van der Waals surface area contributed by atoms with E-state index in [1.54, 1.807) is 0 Å². The summed E-state index contributed by atoms with van der Waals surface area (Å²) in [6.07, 6.45) is 4.20. The molecular formula is C13H12F3IO2. The van der Waals surface area contributed by atoms with Crippen LogP contribution in [0.3, 0.4) is 0 Å². The highest BCUT2D eigenvalue weighted by atomic mass is 127. The Bertz CT molecular complexity index is 499. The molecule has 0 atom stereocenters. The Morgan fingerprint density at radius 1 is 1.11 bits per heavy atom. The van der Waals surface area contributed by atoms with Gasteiger partial charge < -0.3 is 4.74 Å². The zero-order chi connectivity index (χ0) is 14.0. The molecule has 0 saturated heterocycles. The third-order valence-electron chi connectivity index (χ3n) is 3.15. The molecule has 104 valence electrons. The molecule has 1 fully saturated rings. The Morgan fingerprint density at radius 2 is 1.74 bits per heavy atom. The summed E-state index contributed by atoms with van der Waals surface area (Å²) in [7, 11) is 0. The average molecular weight is 384 g/mol. The van der Waals surface area contributed by atoms with E-state index in [1.165, 1.54) is 22.6 Å². The van der Waals surface area contributed by atoms with Gasteiger partial charge in [0.1, 0.15) is 6.10 Å². The molecule has 0 heterocycles. The van der Waals surface area contributed by atoms with Crippen LogP contribution < -0.4 is 0 Å². The summed E-state index contributed by atoms with van der Waals surface area (Å²) in [4.78, 5) is 11.8. The summed E-state index contributed by atoms with van der Waals surface area (Å²) in [6, 6.07) is 0.972. The fourth-order valence-electron chi connectivity index (χ4n) is 2.12. The van der Waals surface area contributed by atoms with Gasteiger partial charge in [0.15, 0.2) is 17.5 Å². The number of hydrogen-bond acceptors (Lipinski definition) is 2. The molecule has 1 aliphatic carbocycles. The topological polar surface area (TPSA) is 26.3 Å². The Balaban J connectivity index is 2.19. The fraction of sp³-hybridized carbons (Fsp3) is 0.462. The molecule has 2 nitrogen and oxygen atoms in total. The van der Waals surface area contributed by atoms with Crippen LogP contribution in [0.2, 0.25) is 0 Å². The molecule has 0 aliphatic heterocycles. The van der Waals surface area contributed by atoms with Gasteiger partial charge in [0.25, 0.3) is 0 Å². The summed E-state index contributed by atoms with van der Waals surface area (Å²) < 4.78 is 44.9. The molecule has 0 amide bonds. The molecule has 1 aromatic rings. The molecule has 0 N–H and O–H groups in total. The summed E-state index contributed by atoms with van der Waals surface area (Å²) in [6.45, 7) is 0. The van der Waals surface area contributed by atoms with Crippen molar-refractivity contribution in [3.63, 3.8) is 0 Å². The number of esters is 1. The zero-order valence-electron chi connectivity index (χ0n) is 10.0. The summed E-state index contributed by atoms with van der Waals surface area (Å²) in [5.74, 6) is -5.34. The Kier molecular flexibility index (Phi) is 4.70. The van der Waals surface area contributed by atoms with Gasteiger partial charge in [-0.25, -0.2) is 18.0 Å². The van der Waals surface area contributed by atoms with E-state index in [9.17, 15) is 18.0 Å². The van der Waals surface area contributed by atoms with Gasteiger partial charge in [0.2, 0.25) is 0 Å². The van der Waals surface area contributed by atoms with Gasteiger partial charge in [-0.2, -0.15) is 0 Å². The minimum Gasteiger partial charge on any atom is -0.459 e. The Hall–Kier alpha value is -0.790. The number of hydrogen-bond donors (Lipinski definition) is 0. The number of carbonyl (C=O) groups is 1. The monoisotopic (exact) mass is 384 g/mol. The second-order valence-corrected chi connectivity index (χ2v) is 5.68. The molecule has 1 aliphatic rings. The molecule has 0 radical (unpaired) electrons. The summed E-state index contributed by atoms with van der Waals surface area (Å²) in [5, 5.41) is 0. The maximum Gasteiger partial charge on any atom is 0.341 e. The molecule has 0 unspecified atom stereocenters. The minimum atomic E-state index is -1.64. The molecule has 1 saturated carbocycles. The van der Waals surface area contributed by atoms with Gasteiger partial charge in [-0.3, -0.25) is 0 Å². The van der Waals surface area contributed by atoms with Crippen molar-refractivity contribution in [2.75, 3.05) is 0 Å². The Labute approximate surface area is 122 Å². The van der Waals surface area contributed by atoms with Crippen LogP contribution in [-0.4, -0.2) is 12.1 Å². The highest BCUT2D eigenvalue weighted by molar-refractivity contribution is 14.1. The standard InChI is InChI=1S/C13H12F3IO2/c14-10-8(6-9(17)11(15)12(10)16)13(18)19-7-4-2-1-3-5-7/h6-7H,1-5H2. The lowest BCUT2D eigenvalue weighted by Gasteiger charge is -2.22. The lowest BCUT2D eigenvalue weighted by Crippen LogP contribution is -2.22. The molecule has 0 spiro atoms. The van der Waals surface area contributed by atoms with E-state index >= 15 is 0 Å². The Morgan fingerprint density at radius 3 is 2.37 bits per heavy atom. The average Bonchev–Trinajstić information content (AvgIpc) is 2.41. The van der Waals surface area contributed by atoms with Crippen LogP contribution in [-0.2, 0) is 4.74 Å². The zero-order valence-corrected chi connectivity index (χ0v) is 12.2. The van der Waals surface area contributed by atoms with Crippen molar-refractivity contribution < 1.29 is 22.7 Å². The van der Waals surface area contributed by atoms with Crippen molar-refractivity contribution >= 4 is 28.6 Å². The molecule has 19 heavy (non-hydrogen) atoms. The van der Waals surface area contributed by atoms with Gasteiger partial charge in [-0.05, 0) is 54.3 Å². The predicted molar refractivity (Wildman–Crippen MR) is 71.3 cm³/mol. The van der Waals surface area contributed by atoms with Gasteiger partial charge in [-0.1, -0.05) is 6.42 Å². The van der Waals surface area contributed by atoms with Crippen molar-refractivity contribution in [2.24, 2.45) is 0 Å². The largest absolute Gasteiger partial charge is 0.459 e. The third kappa shape index (κ3) is 3.21. The van der Waals surface area contributed by atoms with Crippen molar-refractivity contribution in [2.45, 2.75) is 38.2 Å². The van der Waals surface area contributed by atoms with E-state index < -0.39 is 29.0 Å². The van der Waals surface area contributed by atoms with Crippen molar-refractivity contribution in [3.05, 3.63) is 32.7 Å². The van der Waals surface area contributed by atoms with Crippen LogP contribution in [0.25, 0.3) is 0 Å². The highest BCUT2D eigenvalue weighted by Crippen LogP contribution is 2.25. The first-order chi connectivity index (χ1) is 9.00. The first kappa shape index (κ1) is 14.6. The number of halogens is 4. The lowest BCUT2D eigenvalue weighted by molar-refractivity contribution is 0.0204. The van der Waals surface area contributed by atoms with Crippen LogP contribution >= 0.6 is 22.6 Å². The number of rotatable bonds is 2. The van der Waals surface area contributed by atoms with Gasteiger partial charge >= 0.3 is 5.97 Å². The van der Waals surface area contributed by atoms with Crippen LogP contribution in [0.1, 0.15) is 42.5 Å². The van der Waals surface area contributed by atoms with Gasteiger partial charge in [0, 0.05) is 0 Å². The third-order valence-corrected chi connectivity index (χ3v) is 3.93. The first-order valence-corrected chi connectivity index (χ1v) is 7.12. The molecule has 6 heteroatoms. The quantitative estimate of drug-likeness (QED) is 0.331. The maximum atomic E-state index is 13.5. The molecule has 0 aromatic heterocycles. The van der Waals surface area contributed by atoms with Crippen LogP contribution in [0.5, 0.6) is 0 Å². The maximum absolute atomic E-state index is 13.5. The SMILES string of the molecule is O=C(OC1CCCCC1)c1cc(I)c(F)c(F)c1F. The normalized spacial score (nSPS) is 16.4. The molecule has 2 rings (SSSR count). The van der Waals surface area contributed by atoms with Gasteiger partial charge in [-0.15, -0.1) is 0 Å². The minimum absolute atomic E-state index is 0.146. The van der Waals surface area contributed by atoms with E-state index in [0.29, 0.717) is 0 Å². The van der Waals surface area contributed by atoms with E-state index in [2.05, 4.69) is 0 Å². The van der Waals surface area contributed by atoms with Gasteiger partial charge in [0.05, 0.1) is 9.13 Å². The number of carbonyl (C=O) groups excluding carboxylic acids is 1. The van der Waals surface area contributed by atoms with Crippen molar-refractivity contribution in [1.29, 1.82) is 0 Å². The number of ether oxygens (including phenoxy) is 1. The van der Waals surface area contributed by atoms with E-state index in [0.717, 1.165) is 38.2 Å². The van der Waals surface area contributed by atoms with E-state index in [4.69, 9.17) is 4.74 Å². The lowest BCUT2D eigenvalue weighted by atomic mass is 9.98. The van der Waals surface area contributed by atoms with Crippen molar-refractivity contribution in [1.82, 2.24) is 0 Å². The summed E-state index contributed by atoms with van der Waals surface area (Å²) in [5.41, 5.74) is -0.547. The molecule has 0 bridgehead atoms. The molecular weight excluding hydrogens is 372 g/mol. The van der Waals surface area contributed by atoms with E-state index in [-0.39, 0.29) is 9.67 Å². The first-order valence-electron chi connectivity index (χ1n) is 6.04. The van der Waals surface area contributed by atoms with E-state index in [1.807, 2.05) is 0 Å². The molecule has 1 aromatic carbocycles. The summed E-state index contributed by atoms with van der Waals surface area (Å²) >= 11 is 1.51.